The number of nitrogens with two attached hydrogens (primary N) is 1. The smallest absolute Gasteiger partial charge is 0.356 e. The Bertz CT molecular complexity index is 1040. The number of benzene rings is 2. The third kappa shape index (κ3) is 4.93. The molecule has 0 saturated carbocycles. The number of nitrogens with one attached hydrogen (secondary N) is 1. The van der Waals surface area contributed by atoms with Gasteiger partial charge in [0.15, 0.2) is 0 Å². The van der Waals surface area contributed by atoms with Crippen molar-refractivity contribution in [2.45, 2.75) is 0 Å². The molecule has 1 aromatic heterocycles. The third-order valence-electron chi connectivity index (χ3n) is 3.75. The minimum Gasteiger partial charge on any atom is -0.397 e. The van der Waals surface area contributed by atoms with Gasteiger partial charge in [0, 0.05) is 11.0 Å². The number of hydrogen-bond acceptors (Lipinski definition) is 4. The Morgan fingerprint density at radius 2 is 1.93 bits per heavy atom. The molecule has 3 rings (SSSR count). The Hall–Kier alpha value is -2.70. The van der Waals surface area contributed by atoms with Crippen molar-refractivity contribution in [1.82, 2.24) is 0 Å². The normalized spacial score (nSPS) is 11.6. The largest absolute Gasteiger partial charge is 0.397 e. The molecule has 0 aliphatic heterocycles. The fourth-order valence-electron chi connectivity index (χ4n) is 2.42. The van der Waals surface area contributed by atoms with Crippen LogP contribution >= 0.6 is 18.9 Å². The number of nitrogen functional groups attached to an aromatic ring is 1. The first-order chi connectivity index (χ1) is 12.8. The molecule has 0 saturated heterocycles. The van der Waals surface area contributed by atoms with Crippen LogP contribution in [0.15, 0.2) is 66.1 Å². The van der Waals surface area contributed by atoms with Gasteiger partial charge in [-0.15, -0.1) is 11.3 Å². The zero-order valence-corrected chi connectivity index (χ0v) is 15.8. The molecule has 2 aromatic carbocycles. The van der Waals surface area contributed by atoms with Crippen molar-refractivity contribution in [2.75, 3.05) is 11.1 Å². The molecule has 5 N–H and O–H groups in total. The molecule has 6 nitrogen and oxygen atoms in total. The van der Waals surface area contributed by atoms with Gasteiger partial charge in [-0.3, -0.25) is 9.36 Å². The summed E-state index contributed by atoms with van der Waals surface area (Å²) in [6.07, 6.45) is 2.77. The highest BCUT2D eigenvalue weighted by atomic mass is 32.1. The molecule has 8 heteroatoms. The van der Waals surface area contributed by atoms with Gasteiger partial charge < -0.3 is 20.8 Å². The van der Waals surface area contributed by atoms with Gasteiger partial charge in [0.2, 0.25) is 5.91 Å². The predicted molar refractivity (Wildman–Crippen MR) is 110 cm³/mol. The quantitative estimate of drug-likeness (QED) is 0.298. The second-order valence-electron chi connectivity index (χ2n) is 5.74. The number of thiophene rings is 1. The Morgan fingerprint density at radius 1 is 1.11 bits per heavy atom. The summed E-state index contributed by atoms with van der Waals surface area (Å²) in [6, 6.07) is 15.2. The van der Waals surface area contributed by atoms with Crippen LogP contribution in [0.2, 0.25) is 0 Å². The highest BCUT2D eigenvalue weighted by molar-refractivity contribution is 7.60. The van der Waals surface area contributed by atoms with Gasteiger partial charge in [0.1, 0.15) is 0 Å². The topological polar surface area (TPSA) is 113 Å². The van der Waals surface area contributed by atoms with Crippen LogP contribution in [0.3, 0.4) is 0 Å². The highest BCUT2D eigenvalue weighted by Gasteiger charge is 2.16. The third-order valence-corrected chi connectivity index (χ3v) is 5.62. The first-order valence-corrected chi connectivity index (χ1v) is 10.4. The second kappa shape index (κ2) is 7.90. The van der Waals surface area contributed by atoms with Crippen molar-refractivity contribution in [3.8, 4) is 10.4 Å². The second-order valence-corrected chi connectivity index (χ2v) is 8.29. The van der Waals surface area contributed by atoms with Crippen molar-refractivity contribution in [3.05, 3.63) is 71.6 Å². The van der Waals surface area contributed by atoms with Crippen LogP contribution in [-0.4, -0.2) is 15.7 Å². The van der Waals surface area contributed by atoms with Crippen molar-refractivity contribution in [2.24, 2.45) is 0 Å². The molecule has 0 bridgehead atoms. The van der Waals surface area contributed by atoms with Crippen LogP contribution in [0.4, 0.5) is 11.4 Å². The summed E-state index contributed by atoms with van der Waals surface area (Å²) in [4.78, 5) is 31.7. The van der Waals surface area contributed by atoms with Gasteiger partial charge in [-0.1, -0.05) is 24.3 Å². The number of carbonyl (C=O) groups excluding carboxylic acids is 1. The lowest BCUT2D eigenvalue weighted by atomic mass is 10.1. The van der Waals surface area contributed by atoms with Crippen LogP contribution in [0.25, 0.3) is 16.5 Å². The summed E-state index contributed by atoms with van der Waals surface area (Å²) in [5.41, 5.74) is 8.35. The average molecular weight is 400 g/mol. The van der Waals surface area contributed by atoms with Crippen molar-refractivity contribution >= 4 is 47.6 Å². The molecule has 1 amide bonds. The van der Waals surface area contributed by atoms with Crippen LogP contribution in [0.1, 0.15) is 5.56 Å². The van der Waals surface area contributed by atoms with Gasteiger partial charge >= 0.3 is 7.60 Å². The zero-order valence-electron chi connectivity index (χ0n) is 14.1. The lowest BCUT2D eigenvalue weighted by Crippen LogP contribution is -2.10. The molecule has 138 valence electrons. The zero-order chi connectivity index (χ0) is 19.4. The molecule has 0 aliphatic rings. The minimum atomic E-state index is -4.33. The van der Waals surface area contributed by atoms with Gasteiger partial charge in [-0.05, 0) is 52.9 Å². The number of amides is 1. The first kappa shape index (κ1) is 19.1. The van der Waals surface area contributed by atoms with E-state index in [1.807, 2.05) is 23.6 Å². The Morgan fingerprint density at radius 3 is 2.63 bits per heavy atom. The summed E-state index contributed by atoms with van der Waals surface area (Å²) in [6.45, 7) is 0. The Labute approximate surface area is 160 Å². The van der Waals surface area contributed by atoms with E-state index in [0.717, 1.165) is 10.4 Å². The molecule has 1 heterocycles. The maximum absolute atomic E-state index is 12.2. The fourth-order valence-corrected chi connectivity index (χ4v) is 3.74. The molecule has 0 unspecified atom stereocenters. The van der Waals surface area contributed by atoms with E-state index in [9.17, 15) is 19.1 Å². The number of rotatable bonds is 5. The van der Waals surface area contributed by atoms with E-state index >= 15 is 0 Å². The molecule has 0 aliphatic carbocycles. The molecule has 3 aromatic rings. The molecule has 27 heavy (non-hydrogen) atoms. The summed E-state index contributed by atoms with van der Waals surface area (Å²) >= 11 is 1.59. The number of carbonyl (C=O) groups is 1. The van der Waals surface area contributed by atoms with E-state index in [4.69, 9.17) is 5.73 Å². The van der Waals surface area contributed by atoms with E-state index in [2.05, 4.69) is 5.32 Å². The van der Waals surface area contributed by atoms with E-state index in [1.165, 1.54) is 30.4 Å². The Balaban J connectivity index is 1.75. The predicted octanol–water partition coefficient (Wildman–Crippen LogP) is 3.45. The van der Waals surface area contributed by atoms with E-state index in [-0.39, 0.29) is 5.30 Å². The van der Waals surface area contributed by atoms with Crippen LogP contribution < -0.4 is 16.4 Å². The minimum absolute atomic E-state index is 0.0991. The number of hydrogen-bond donors (Lipinski definition) is 4. The van der Waals surface area contributed by atoms with Crippen LogP contribution in [0, 0.1) is 0 Å². The van der Waals surface area contributed by atoms with Gasteiger partial charge in [0.25, 0.3) is 0 Å². The van der Waals surface area contributed by atoms with Crippen molar-refractivity contribution < 1.29 is 19.1 Å². The highest BCUT2D eigenvalue weighted by Crippen LogP contribution is 2.33. The summed E-state index contributed by atoms with van der Waals surface area (Å²) < 4.78 is 11.3. The summed E-state index contributed by atoms with van der Waals surface area (Å²) in [7, 11) is -4.33. The van der Waals surface area contributed by atoms with Crippen LogP contribution in [0.5, 0.6) is 0 Å². The lowest BCUT2D eigenvalue weighted by molar-refractivity contribution is -0.111. The van der Waals surface area contributed by atoms with E-state index < -0.39 is 13.5 Å². The summed E-state index contributed by atoms with van der Waals surface area (Å²) in [5, 5.41) is 4.60. The first-order valence-electron chi connectivity index (χ1n) is 7.91. The van der Waals surface area contributed by atoms with Gasteiger partial charge in [-0.25, -0.2) is 0 Å². The van der Waals surface area contributed by atoms with Crippen molar-refractivity contribution in [1.29, 1.82) is 0 Å². The van der Waals surface area contributed by atoms with E-state index in [1.54, 1.807) is 29.5 Å². The Kier molecular flexibility index (Phi) is 5.58. The van der Waals surface area contributed by atoms with E-state index in [0.29, 0.717) is 16.9 Å². The number of anilines is 2. The van der Waals surface area contributed by atoms with Crippen LogP contribution in [-0.2, 0) is 9.36 Å². The standard InChI is InChI=1S/C19H17N2O4PS/c20-16-8-7-14(18-5-2-10-27-18)12-17(16)21-19(22)9-6-13-3-1-4-15(11-13)26(23,24)25/h1-12H,20H2,(H,21,22)(H2,23,24,25). The molecular weight excluding hydrogens is 383 g/mol. The molecule has 0 atom stereocenters. The summed E-state index contributed by atoms with van der Waals surface area (Å²) in [5.74, 6) is -0.397. The maximum atomic E-state index is 12.2. The molecular formula is C19H17N2O4PS. The SMILES string of the molecule is Nc1ccc(-c2cccs2)cc1NC(=O)C=Cc1cccc(P(=O)(O)O)c1. The molecule has 0 spiro atoms. The van der Waals surface area contributed by atoms with Gasteiger partial charge in [0.05, 0.1) is 16.7 Å². The lowest BCUT2D eigenvalue weighted by Gasteiger charge is -2.08. The van der Waals surface area contributed by atoms with Gasteiger partial charge in [-0.2, -0.15) is 0 Å². The molecule has 0 fully saturated rings. The van der Waals surface area contributed by atoms with Crippen molar-refractivity contribution in [3.63, 3.8) is 0 Å². The monoisotopic (exact) mass is 400 g/mol. The maximum Gasteiger partial charge on any atom is 0.356 e. The molecule has 0 radical (unpaired) electrons. The fraction of sp³-hybridized carbons (Fsp3) is 0. The average Bonchev–Trinajstić information content (AvgIpc) is 3.16.